The second-order valence-corrected chi connectivity index (χ2v) is 7.90. The van der Waals surface area contributed by atoms with Gasteiger partial charge in [-0.1, -0.05) is 43.3 Å². The summed E-state index contributed by atoms with van der Waals surface area (Å²) in [5, 5.41) is 13.9. The minimum Gasteiger partial charge on any atom is -0.365 e. The number of H-pyrrole nitrogens is 1. The minimum atomic E-state index is -0.305. The fourth-order valence-corrected chi connectivity index (χ4v) is 3.54. The van der Waals surface area contributed by atoms with Crippen LogP contribution in [-0.2, 0) is 17.9 Å². The van der Waals surface area contributed by atoms with Gasteiger partial charge < -0.3 is 10.6 Å². The van der Waals surface area contributed by atoms with E-state index in [0.717, 1.165) is 16.5 Å². The van der Waals surface area contributed by atoms with Gasteiger partial charge in [0.1, 0.15) is 6.54 Å². The van der Waals surface area contributed by atoms with E-state index in [1.165, 1.54) is 10.1 Å². The van der Waals surface area contributed by atoms with Crippen LogP contribution in [0.4, 0.5) is 5.82 Å². The highest BCUT2D eigenvalue weighted by Gasteiger charge is 2.13. The van der Waals surface area contributed by atoms with E-state index >= 15 is 0 Å². The lowest BCUT2D eigenvalue weighted by Crippen LogP contribution is -2.34. The lowest BCUT2D eigenvalue weighted by molar-refractivity contribution is -0.121. The number of aryl methyl sites for hydroxylation is 1. The summed E-state index contributed by atoms with van der Waals surface area (Å²) < 4.78 is 1.44. The number of anilines is 1. The maximum Gasteiger partial charge on any atom is 0.293 e. The zero-order valence-corrected chi connectivity index (χ0v) is 18.1. The zero-order chi connectivity index (χ0) is 22.5. The number of rotatable bonds is 8. The second-order valence-electron chi connectivity index (χ2n) is 7.90. The van der Waals surface area contributed by atoms with Gasteiger partial charge in [-0.25, -0.2) is 4.98 Å². The minimum absolute atomic E-state index is 0.0654. The van der Waals surface area contributed by atoms with Gasteiger partial charge in [-0.15, -0.1) is 0 Å². The van der Waals surface area contributed by atoms with Crippen LogP contribution in [-0.4, -0.2) is 32.2 Å². The Labute approximate surface area is 185 Å². The molecular formula is C24H26N6O2. The molecule has 164 valence electrons. The van der Waals surface area contributed by atoms with Crippen molar-refractivity contribution in [1.82, 2.24) is 25.1 Å². The van der Waals surface area contributed by atoms with Gasteiger partial charge >= 0.3 is 0 Å². The van der Waals surface area contributed by atoms with E-state index < -0.39 is 0 Å². The lowest BCUT2D eigenvalue weighted by atomic mass is 10.0. The number of aromatic nitrogens is 4. The quantitative estimate of drug-likeness (QED) is 0.399. The molecule has 0 aliphatic rings. The van der Waals surface area contributed by atoms with Crippen molar-refractivity contribution in [3.63, 3.8) is 0 Å². The normalized spacial score (nSPS) is 11.9. The molecule has 0 unspecified atom stereocenters. The first-order valence-electron chi connectivity index (χ1n) is 10.5. The molecule has 4 aromatic rings. The third-order valence-electron chi connectivity index (χ3n) is 5.49. The van der Waals surface area contributed by atoms with Crippen LogP contribution in [0.2, 0.25) is 0 Å². The van der Waals surface area contributed by atoms with E-state index in [-0.39, 0.29) is 29.7 Å². The van der Waals surface area contributed by atoms with Crippen LogP contribution < -0.4 is 16.2 Å². The van der Waals surface area contributed by atoms with Gasteiger partial charge in [0.25, 0.3) is 5.56 Å². The molecule has 0 fully saturated rings. The molecule has 8 heteroatoms. The van der Waals surface area contributed by atoms with Gasteiger partial charge in [-0.2, -0.15) is 5.10 Å². The Bertz CT molecular complexity index is 1280. The molecule has 2 heterocycles. The maximum absolute atomic E-state index is 12.9. The van der Waals surface area contributed by atoms with Crippen molar-refractivity contribution in [2.45, 2.75) is 32.9 Å². The smallest absolute Gasteiger partial charge is 0.293 e. The van der Waals surface area contributed by atoms with Crippen LogP contribution in [0.3, 0.4) is 0 Å². The van der Waals surface area contributed by atoms with Gasteiger partial charge in [-0.3, -0.25) is 19.3 Å². The number of fused-ring (bicyclic) bond motifs is 1. The largest absolute Gasteiger partial charge is 0.365 e. The molecule has 0 aliphatic carbocycles. The number of aromatic amines is 1. The van der Waals surface area contributed by atoms with E-state index in [2.05, 4.69) is 44.9 Å². The standard InChI is InChI=1S/C24H26N6O2/c1-16(19-6-4-3-5-7-19)11-26-23-24(32)30(17(2)12-27-23)15-22(31)25-13-18-8-9-21-20(10-18)14-28-29-21/h3-10,12,14,16H,11,13,15H2,1-2H3,(H,25,31)(H,26,27)(H,28,29)/t16-/m0/s1. The fraction of sp³-hybridized carbons (Fsp3) is 0.250. The van der Waals surface area contributed by atoms with Crippen molar-refractivity contribution in [2.75, 3.05) is 11.9 Å². The number of benzene rings is 2. The predicted molar refractivity (Wildman–Crippen MR) is 125 cm³/mol. The molecule has 2 aromatic carbocycles. The summed E-state index contributed by atoms with van der Waals surface area (Å²) in [6, 6.07) is 15.9. The highest BCUT2D eigenvalue weighted by Crippen LogP contribution is 2.15. The average Bonchev–Trinajstić information content (AvgIpc) is 3.28. The Morgan fingerprint density at radius 1 is 1.16 bits per heavy atom. The third-order valence-corrected chi connectivity index (χ3v) is 5.49. The summed E-state index contributed by atoms with van der Waals surface area (Å²) in [6.07, 6.45) is 3.35. The van der Waals surface area contributed by atoms with E-state index in [0.29, 0.717) is 18.8 Å². The molecule has 0 bridgehead atoms. The third kappa shape index (κ3) is 4.85. The maximum atomic E-state index is 12.9. The molecule has 3 N–H and O–H groups in total. The number of nitrogens with zero attached hydrogens (tertiary/aromatic N) is 3. The van der Waals surface area contributed by atoms with E-state index in [1.54, 1.807) is 19.3 Å². The Balaban J connectivity index is 1.39. The molecule has 1 amide bonds. The fourth-order valence-electron chi connectivity index (χ4n) is 3.54. The van der Waals surface area contributed by atoms with Gasteiger partial charge in [0, 0.05) is 30.4 Å². The monoisotopic (exact) mass is 430 g/mol. The molecule has 2 aromatic heterocycles. The van der Waals surface area contributed by atoms with Gasteiger partial charge in [0.2, 0.25) is 5.91 Å². The van der Waals surface area contributed by atoms with Crippen molar-refractivity contribution in [1.29, 1.82) is 0 Å². The van der Waals surface area contributed by atoms with Crippen molar-refractivity contribution in [3.05, 3.63) is 88.1 Å². The SMILES string of the molecule is Cc1cnc(NC[C@H](C)c2ccccc2)c(=O)n1CC(=O)NCc1ccc2[nH]ncc2c1. The number of amides is 1. The van der Waals surface area contributed by atoms with Crippen LogP contribution in [0.5, 0.6) is 0 Å². The lowest BCUT2D eigenvalue weighted by Gasteiger charge is -2.15. The topological polar surface area (TPSA) is 105 Å². The van der Waals surface area contributed by atoms with Gasteiger partial charge in [0.05, 0.1) is 11.7 Å². The molecule has 4 rings (SSSR count). The number of carbonyl (C=O) groups excluding carboxylic acids is 1. The Morgan fingerprint density at radius 2 is 1.97 bits per heavy atom. The molecule has 0 saturated heterocycles. The summed E-state index contributed by atoms with van der Waals surface area (Å²) >= 11 is 0. The van der Waals surface area contributed by atoms with E-state index in [4.69, 9.17) is 0 Å². The first kappa shape index (κ1) is 21.3. The van der Waals surface area contributed by atoms with Crippen LogP contribution in [0.1, 0.15) is 29.7 Å². The van der Waals surface area contributed by atoms with Crippen LogP contribution in [0.25, 0.3) is 10.9 Å². The molecule has 0 spiro atoms. The number of carbonyl (C=O) groups is 1. The summed E-state index contributed by atoms with van der Waals surface area (Å²) in [4.78, 5) is 29.7. The van der Waals surface area contributed by atoms with Crippen LogP contribution in [0.15, 0.2) is 65.7 Å². The van der Waals surface area contributed by atoms with Crippen LogP contribution in [0, 0.1) is 6.92 Å². The van der Waals surface area contributed by atoms with Crippen molar-refractivity contribution in [3.8, 4) is 0 Å². The summed E-state index contributed by atoms with van der Waals surface area (Å²) in [5.74, 6) is 0.219. The molecule has 0 saturated carbocycles. The number of hydrogen-bond acceptors (Lipinski definition) is 5. The molecule has 32 heavy (non-hydrogen) atoms. The molecule has 1 atom stereocenters. The van der Waals surface area contributed by atoms with Crippen molar-refractivity contribution < 1.29 is 4.79 Å². The number of hydrogen-bond donors (Lipinski definition) is 3. The Kier molecular flexibility index (Phi) is 6.30. The average molecular weight is 431 g/mol. The highest BCUT2D eigenvalue weighted by atomic mass is 16.2. The summed E-state index contributed by atoms with van der Waals surface area (Å²) in [6.45, 7) is 4.73. The predicted octanol–water partition coefficient (Wildman–Crippen LogP) is 2.96. The highest BCUT2D eigenvalue weighted by molar-refractivity contribution is 5.79. The first-order valence-corrected chi connectivity index (χ1v) is 10.5. The number of nitrogens with one attached hydrogen (secondary N) is 3. The first-order chi connectivity index (χ1) is 15.5. The van der Waals surface area contributed by atoms with E-state index in [9.17, 15) is 9.59 Å². The summed E-state index contributed by atoms with van der Waals surface area (Å²) in [7, 11) is 0. The van der Waals surface area contributed by atoms with Crippen LogP contribution >= 0.6 is 0 Å². The molecule has 0 aliphatic heterocycles. The Hall–Kier alpha value is -3.94. The van der Waals surface area contributed by atoms with Crippen molar-refractivity contribution >= 4 is 22.6 Å². The van der Waals surface area contributed by atoms with Gasteiger partial charge in [0.15, 0.2) is 5.82 Å². The van der Waals surface area contributed by atoms with Gasteiger partial charge in [-0.05, 0) is 36.1 Å². The van der Waals surface area contributed by atoms with E-state index in [1.807, 2.05) is 36.4 Å². The zero-order valence-electron chi connectivity index (χ0n) is 18.1. The molecular weight excluding hydrogens is 404 g/mol. The molecule has 8 nitrogen and oxygen atoms in total. The molecule has 0 radical (unpaired) electrons. The summed E-state index contributed by atoms with van der Waals surface area (Å²) in [5.41, 5.74) is 3.41. The van der Waals surface area contributed by atoms with Crippen molar-refractivity contribution in [2.24, 2.45) is 0 Å². The Morgan fingerprint density at radius 3 is 2.78 bits per heavy atom. The second kappa shape index (κ2) is 9.47.